The number of thiophene rings is 1. The van der Waals surface area contributed by atoms with Gasteiger partial charge in [0.2, 0.25) is 0 Å². The molecule has 1 aliphatic rings. The van der Waals surface area contributed by atoms with Crippen LogP contribution in [-0.2, 0) is 11.2 Å². The molecule has 2 heterocycles. The first-order valence-corrected chi connectivity index (χ1v) is 10.5. The van der Waals surface area contributed by atoms with Crippen molar-refractivity contribution in [2.24, 2.45) is 0 Å². The summed E-state index contributed by atoms with van der Waals surface area (Å²) in [4.78, 5) is 13.6. The zero-order valence-electron chi connectivity index (χ0n) is 16.5. The average Bonchev–Trinajstić information content (AvgIpc) is 3.18. The first-order chi connectivity index (χ1) is 14.1. The van der Waals surface area contributed by atoms with E-state index >= 15 is 0 Å². The fraction of sp³-hybridized carbons (Fsp3) is 0.292. The van der Waals surface area contributed by atoms with Crippen molar-refractivity contribution in [3.05, 3.63) is 82.2 Å². The number of hydrogen-bond acceptors (Lipinski definition) is 5. The topological polar surface area (TPSA) is 66.8 Å². The fourth-order valence-electron chi connectivity index (χ4n) is 3.23. The minimum absolute atomic E-state index is 0.372. The summed E-state index contributed by atoms with van der Waals surface area (Å²) in [6.45, 7) is 2.89. The van der Waals surface area contributed by atoms with Gasteiger partial charge in [-0.15, -0.1) is 11.3 Å². The molecule has 2 N–H and O–H groups in total. The molecule has 2 atom stereocenters. The van der Waals surface area contributed by atoms with Crippen LogP contribution in [0.4, 0.5) is 0 Å². The number of aliphatic hydroxyl groups is 2. The van der Waals surface area contributed by atoms with Crippen molar-refractivity contribution in [1.29, 1.82) is 0 Å². The molecule has 0 spiro atoms. The molecule has 0 aliphatic carbocycles. The van der Waals surface area contributed by atoms with Crippen molar-refractivity contribution in [1.82, 2.24) is 0 Å². The molecule has 1 aromatic heterocycles. The predicted molar refractivity (Wildman–Crippen MR) is 117 cm³/mol. The second-order valence-corrected chi connectivity index (χ2v) is 8.32. The van der Waals surface area contributed by atoms with Crippen LogP contribution in [0.3, 0.4) is 0 Å². The molecular formula is C24H26O4S. The van der Waals surface area contributed by atoms with E-state index in [0.29, 0.717) is 19.6 Å². The maximum Gasteiger partial charge on any atom is 0.150 e. The third kappa shape index (κ3) is 6.08. The second-order valence-electron chi connectivity index (χ2n) is 7.16. The van der Waals surface area contributed by atoms with Gasteiger partial charge in [0.15, 0.2) is 6.29 Å². The number of ether oxygens (including phenoxy) is 1. The maximum absolute atomic E-state index is 11.1. The van der Waals surface area contributed by atoms with Crippen LogP contribution in [0.25, 0.3) is 10.4 Å². The van der Waals surface area contributed by atoms with Crippen LogP contribution in [-0.4, -0.2) is 41.9 Å². The number of rotatable bonds is 4. The van der Waals surface area contributed by atoms with Gasteiger partial charge in [-0.1, -0.05) is 48.5 Å². The molecule has 0 bridgehead atoms. The molecule has 2 aromatic carbocycles. The molecule has 1 fully saturated rings. The quantitative estimate of drug-likeness (QED) is 0.631. The highest BCUT2D eigenvalue weighted by Gasteiger charge is 2.17. The van der Waals surface area contributed by atoms with Crippen LogP contribution in [0.5, 0.6) is 0 Å². The molecule has 4 nitrogen and oxygen atoms in total. The summed E-state index contributed by atoms with van der Waals surface area (Å²) in [5.74, 6) is 0. The maximum atomic E-state index is 11.1. The van der Waals surface area contributed by atoms with Gasteiger partial charge in [-0.25, -0.2) is 0 Å². The number of carbonyl (C=O) groups is 1. The highest BCUT2D eigenvalue weighted by molar-refractivity contribution is 7.15. The third-order valence-corrected chi connectivity index (χ3v) is 5.92. The Kier molecular flexibility index (Phi) is 7.72. The van der Waals surface area contributed by atoms with Gasteiger partial charge in [-0.3, -0.25) is 4.79 Å². The summed E-state index contributed by atoms with van der Waals surface area (Å²) in [6.07, 6.45) is 1.41. The normalized spacial score (nSPS) is 18.6. The lowest BCUT2D eigenvalue weighted by Crippen LogP contribution is -2.32. The van der Waals surface area contributed by atoms with E-state index in [-0.39, 0.29) is 0 Å². The highest BCUT2D eigenvalue weighted by atomic mass is 32.1. The Bertz CT molecular complexity index is 926. The van der Waals surface area contributed by atoms with Crippen molar-refractivity contribution in [2.45, 2.75) is 32.0 Å². The van der Waals surface area contributed by atoms with E-state index < -0.39 is 12.2 Å². The molecule has 4 rings (SSSR count). The molecule has 2 unspecified atom stereocenters. The minimum Gasteiger partial charge on any atom is -0.391 e. The molecular weight excluding hydrogens is 384 g/mol. The SMILES string of the molecule is Cc1ccccc1Cc1ccc(-c2ccccc2C=O)s1.OC1COCC(O)C1. The van der Waals surface area contributed by atoms with Gasteiger partial charge in [-0.05, 0) is 30.2 Å². The fourth-order valence-corrected chi connectivity index (χ4v) is 4.31. The summed E-state index contributed by atoms with van der Waals surface area (Å²) in [6, 6.07) is 20.5. The Hall–Kier alpha value is -2.31. The highest BCUT2D eigenvalue weighted by Crippen LogP contribution is 2.31. The zero-order valence-corrected chi connectivity index (χ0v) is 17.3. The third-order valence-electron chi connectivity index (χ3n) is 4.81. The van der Waals surface area contributed by atoms with Gasteiger partial charge in [-0.2, -0.15) is 0 Å². The monoisotopic (exact) mass is 410 g/mol. The van der Waals surface area contributed by atoms with E-state index in [9.17, 15) is 4.79 Å². The summed E-state index contributed by atoms with van der Waals surface area (Å²) in [7, 11) is 0. The van der Waals surface area contributed by atoms with Gasteiger partial charge in [0, 0.05) is 33.7 Å². The molecule has 5 heteroatoms. The number of aldehydes is 1. The van der Waals surface area contributed by atoms with Crippen LogP contribution in [0.15, 0.2) is 60.7 Å². The van der Waals surface area contributed by atoms with Crippen molar-refractivity contribution in [3.63, 3.8) is 0 Å². The van der Waals surface area contributed by atoms with E-state index in [4.69, 9.17) is 14.9 Å². The Balaban J connectivity index is 0.000000252. The van der Waals surface area contributed by atoms with Crippen LogP contribution in [0, 0.1) is 6.92 Å². The first kappa shape index (κ1) is 21.4. The van der Waals surface area contributed by atoms with Crippen LogP contribution in [0.2, 0.25) is 0 Å². The first-order valence-electron chi connectivity index (χ1n) is 9.68. The molecule has 1 aliphatic heterocycles. The van der Waals surface area contributed by atoms with Crippen molar-refractivity contribution in [3.8, 4) is 10.4 Å². The zero-order chi connectivity index (χ0) is 20.6. The van der Waals surface area contributed by atoms with Gasteiger partial charge in [0.05, 0.1) is 25.4 Å². The number of carbonyl (C=O) groups excluding carboxylic acids is 1. The number of aryl methyl sites for hydroxylation is 1. The summed E-state index contributed by atoms with van der Waals surface area (Å²) >= 11 is 1.76. The van der Waals surface area contributed by atoms with Crippen LogP contribution < -0.4 is 0 Å². The molecule has 0 saturated carbocycles. The Morgan fingerprint density at radius 3 is 2.34 bits per heavy atom. The largest absolute Gasteiger partial charge is 0.391 e. The van der Waals surface area contributed by atoms with Gasteiger partial charge < -0.3 is 14.9 Å². The number of aliphatic hydroxyl groups excluding tert-OH is 2. The van der Waals surface area contributed by atoms with Gasteiger partial charge in [0.1, 0.15) is 0 Å². The van der Waals surface area contributed by atoms with Gasteiger partial charge in [0.25, 0.3) is 0 Å². The summed E-state index contributed by atoms with van der Waals surface area (Å²) in [5, 5.41) is 17.6. The average molecular weight is 411 g/mol. The lowest BCUT2D eigenvalue weighted by atomic mass is 10.1. The molecule has 0 amide bonds. The van der Waals surface area contributed by atoms with Crippen LogP contribution in [0.1, 0.15) is 32.8 Å². The standard InChI is InChI=1S/C19H16OS.C5H10O3/c1-14-6-2-3-7-15(14)12-17-10-11-19(21-17)18-9-5-4-8-16(18)13-20;6-4-1-5(7)3-8-2-4/h2-11,13H,12H2,1H3;4-7H,1-3H2. The smallest absolute Gasteiger partial charge is 0.150 e. The van der Waals surface area contributed by atoms with E-state index in [1.165, 1.54) is 16.0 Å². The Morgan fingerprint density at radius 1 is 1.00 bits per heavy atom. The minimum atomic E-state index is -0.459. The van der Waals surface area contributed by atoms with Crippen molar-refractivity contribution < 1.29 is 19.7 Å². The summed E-state index contributed by atoms with van der Waals surface area (Å²) < 4.78 is 4.79. The molecule has 152 valence electrons. The van der Waals surface area contributed by atoms with E-state index in [1.807, 2.05) is 24.3 Å². The second kappa shape index (κ2) is 10.5. The summed E-state index contributed by atoms with van der Waals surface area (Å²) in [5.41, 5.74) is 4.45. The Morgan fingerprint density at radius 2 is 1.69 bits per heavy atom. The van der Waals surface area contributed by atoms with E-state index in [1.54, 1.807) is 11.3 Å². The van der Waals surface area contributed by atoms with E-state index in [2.05, 4.69) is 43.3 Å². The predicted octanol–water partition coefficient (Wildman–Crippen LogP) is 4.26. The molecule has 29 heavy (non-hydrogen) atoms. The van der Waals surface area contributed by atoms with Crippen LogP contribution >= 0.6 is 11.3 Å². The molecule has 0 radical (unpaired) electrons. The lowest BCUT2D eigenvalue weighted by molar-refractivity contribution is -0.0715. The van der Waals surface area contributed by atoms with Gasteiger partial charge >= 0.3 is 0 Å². The van der Waals surface area contributed by atoms with Crippen molar-refractivity contribution >= 4 is 17.6 Å². The molecule has 1 saturated heterocycles. The van der Waals surface area contributed by atoms with Crippen molar-refractivity contribution in [2.75, 3.05) is 13.2 Å². The number of benzene rings is 2. The number of hydrogen-bond donors (Lipinski definition) is 2. The lowest BCUT2D eigenvalue weighted by Gasteiger charge is -2.21. The molecule has 3 aromatic rings. The van der Waals surface area contributed by atoms with E-state index in [0.717, 1.165) is 28.7 Å². The Labute approximate surface area is 175 Å².